The fraction of sp³-hybridized carbons (Fsp3) is 0.154. The summed E-state index contributed by atoms with van der Waals surface area (Å²) < 4.78 is 4.66. The van der Waals surface area contributed by atoms with Crippen LogP contribution in [-0.4, -0.2) is 47.6 Å². The van der Waals surface area contributed by atoms with E-state index in [9.17, 15) is 4.79 Å². The third-order valence-corrected chi connectivity index (χ3v) is 4.65. The summed E-state index contributed by atoms with van der Waals surface area (Å²) >= 11 is 1.34. The number of benzene rings is 1. The van der Waals surface area contributed by atoms with Crippen LogP contribution in [-0.2, 0) is 4.79 Å². The first-order valence-corrected chi connectivity index (χ1v) is 9.26. The van der Waals surface area contributed by atoms with Crippen LogP contribution in [0.15, 0.2) is 35.3 Å². The zero-order valence-electron chi connectivity index (χ0n) is 11.6. The van der Waals surface area contributed by atoms with Gasteiger partial charge in [0.15, 0.2) is 0 Å². The van der Waals surface area contributed by atoms with Crippen LogP contribution < -0.4 is 4.52 Å². The number of aromatic nitrogens is 1. The molecule has 0 fully saturated rings. The zero-order chi connectivity index (χ0) is 16.6. The van der Waals surface area contributed by atoms with Gasteiger partial charge in [-0.25, -0.2) is 0 Å². The van der Waals surface area contributed by atoms with Gasteiger partial charge in [0.25, 0.3) is 0 Å². The van der Waals surface area contributed by atoms with Crippen LogP contribution in [0.3, 0.4) is 0 Å². The average molecular weight is 356 g/mol. The topological polar surface area (TPSA) is 132 Å². The Labute approximate surface area is 135 Å². The van der Waals surface area contributed by atoms with Crippen molar-refractivity contribution in [3.05, 3.63) is 36.0 Å². The van der Waals surface area contributed by atoms with E-state index in [1.165, 1.54) is 23.9 Å². The van der Waals surface area contributed by atoms with Crippen molar-refractivity contribution < 1.29 is 29.1 Å². The molecule has 0 saturated carbocycles. The first kappa shape index (κ1) is 16.1. The Balaban J connectivity index is 1.90. The number of fused-ring (bicyclic) bond motifs is 1. The third kappa shape index (κ3) is 3.77. The Morgan fingerprint density at radius 2 is 2.04 bits per heavy atom. The number of aliphatic carboxylic acids is 1. The SMILES string of the molecule is O=C(O)C1CSC(c2ccc3cc(O[PH](O)(O)O)ccc3n2)=N1. The molecule has 1 aromatic carbocycles. The van der Waals surface area contributed by atoms with Crippen LogP contribution in [0.25, 0.3) is 10.9 Å². The maximum atomic E-state index is 10.9. The Hall–Kier alpha value is -1.77. The van der Waals surface area contributed by atoms with Gasteiger partial charge in [0.2, 0.25) is 0 Å². The summed E-state index contributed by atoms with van der Waals surface area (Å²) in [6, 6.07) is 7.25. The van der Waals surface area contributed by atoms with E-state index in [0.29, 0.717) is 27.4 Å². The number of carboxylic acid groups (broad SMARTS) is 1. The Morgan fingerprint density at radius 3 is 2.70 bits per heavy atom. The molecule has 1 atom stereocenters. The van der Waals surface area contributed by atoms with Gasteiger partial charge in [-0.15, -0.1) is 0 Å². The average Bonchev–Trinajstić information content (AvgIpc) is 2.95. The summed E-state index contributed by atoms with van der Waals surface area (Å²) in [6.45, 7) is 0. The Bertz CT molecular complexity index is 807. The van der Waals surface area contributed by atoms with Crippen LogP contribution in [0.5, 0.6) is 5.75 Å². The molecule has 1 aliphatic rings. The second-order valence-electron chi connectivity index (χ2n) is 4.83. The molecule has 1 aromatic heterocycles. The van der Waals surface area contributed by atoms with E-state index in [4.69, 9.17) is 19.8 Å². The fourth-order valence-electron chi connectivity index (χ4n) is 2.08. The molecule has 8 nitrogen and oxygen atoms in total. The number of hydrogen-bond donors (Lipinski definition) is 4. The van der Waals surface area contributed by atoms with Crippen LogP contribution >= 0.6 is 19.9 Å². The van der Waals surface area contributed by atoms with Crippen LogP contribution in [0.2, 0.25) is 0 Å². The molecule has 0 radical (unpaired) electrons. The Morgan fingerprint density at radius 1 is 1.26 bits per heavy atom. The summed E-state index contributed by atoms with van der Waals surface area (Å²) in [5.74, 6) is -0.461. The van der Waals surface area contributed by atoms with Crippen LogP contribution in [0.4, 0.5) is 0 Å². The van der Waals surface area contributed by atoms with E-state index in [1.807, 2.05) is 0 Å². The molecule has 4 N–H and O–H groups in total. The van der Waals surface area contributed by atoms with Gasteiger partial charge in [0.1, 0.15) is 0 Å². The number of nitrogens with zero attached hydrogens (tertiary/aromatic N) is 2. The molecule has 0 aliphatic carbocycles. The minimum absolute atomic E-state index is 0.115. The first-order chi connectivity index (χ1) is 10.8. The monoisotopic (exact) mass is 356 g/mol. The number of hydrogen-bond acceptors (Lipinski definition) is 8. The summed E-state index contributed by atoms with van der Waals surface area (Å²) in [7, 11) is -4.63. The van der Waals surface area contributed by atoms with Crippen molar-refractivity contribution in [1.29, 1.82) is 0 Å². The second-order valence-corrected chi connectivity index (χ2v) is 7.19. The molecule has 1 aliphatic heterocycles. The van der Waals surface area contributed by atoms with Gasteiger partial charge in [-0.05, 0) is 0 Å². The predicted molar refractivity (Wildman–Crippen MR) is 87.8 cm³/mol. The normalized spacial score (nSPS) is 18.7. The third-order valence-electron chi connectivity index (χ3n) is 3.07. The number of carboxylic acids is 1. The van der Waals surface area contributed by atoms with E-state index < -0.39 is 20.2 Å². The van der Waals surface area contributed by atoms with Gasteiger partial charge in [0, 0.05) is 0 Å². The van der Waals surface area contributed by atoms with Gasteiger partial charge >= 0.3 is 134 Å². The van der Waals surface area contributed by atoms with Crippen molar-refractivity contribution in [2.24, 2.45) is 4.99 Å². The van der Waals surface area contributed by atoms with E-state index in [2.05, 4.69) is 14.5 Å². The molecule has 122 valence electrons. The molecule has 10 heteroatoms. The minimum atomic E-state index is -4.63. The van der Waals surface area contributed by atoms with Crippen molar-refractivity contribution in [2.75, 3.05) is 5.75 Å². The van der Waals surface area contributed by atoms with Crippen molar-refractivity contribution in [3.63, 3.8) is 0 Å². The number of pyridine rings is 1. The molecule has 1 unspecified atom stereocenters. The number of thioether (sulfide) groups is 1. The molecule has 0 bridgehead atoms. The van der Waals surface area contributed by atoms with Gasteiger partial charge in [0.05, 0.1) is 0 Å². The molecule has 0 amide bonds. The predicted octanol–water partition coefficient (Wildman–Crippen LogP) is 0.947. The Kier molecular flexibility index (Phi) is 4.22. The maximum absolute atomic E-state index is 10.9. The van der Waals surface area contributed by atoms with Gasteiger partial charge in [-0.3, -0.25) is 0 Å². The standard InChI is InChI=1S/C13H13N2O6PS/c16-13(17)11-6-23-12(15-11)10-3-1-7-5-8(21-22(18,19)20)2-4-9(7)14-10/h1-5,11,18-20,22H,6H2,(H,16,17). The van der Waals surface area contributed by atoms with Gasteiger partial charge in [-0.2, -0.15) is 0 Å². The molecule has 2 aromatic rings. The first-order valence-electron chi connectivity index (χ1n) is 6.52. The summed E-state index contributed by atoms with van der Waals surface area (Å²) in [4.78, 5) is 46.3. The van der Waals surface area contributed by atoms with E-state index in [-0.39, 0.29) is 5.75 Å². The molecule has 0 spiro atoms. The number of rotatable bonds is 4. The van der Waals surface area contributed by atoms with Crippen LogP contribution in [0.1, 0.15) is 5.69 Å². The molecule has 0 saturated heterocycles. The molecule has 23 heavy (non-hydrogen) atoms. The van der Waals surface area contributed by atoms with Crippen molar-refractivity contribution >= 4 is 41.8 Å². The summed E-state index contributed by atoms with van der Waals surface area (Å²) in [5.41, 5.74) is 1.19. The molecule has 3 rings (SSSR count). The number of carbonyl (C=O) groups is 1. The second kappa shape index (κ2) is 6.03. The van der Waals surface area contributed by atoms with E-state index in [1.54, 1.807) is 18.2 Å². The van der Waals surface area contributed by atoms with E-state index in [0.717, 1.165) is 0 Å². The summed E-state index contributed by atoms with van der Waals surface area (Å²) in [6.07, 6.45) is 0. The van der Waals surface area contributed by atoms with Gasteiger partial charge in [-0.1, -0.05) is 0 Å². The molecule has 2 heterocycles. The molecular weight excluding hydrogens is 343 g/mol. The quantitative estimate of drug-likeness (QED) is 0.595. The van der Waals surface area contributed by atoms with Crippen molar-refractivity contribution in [3.8, 4) is 5.75 Å². The zero-order valence-corrected chi connectivity index (χ0v) is 13.4. The fourth-order valence-corrected chi connectivity index (χ4v) is 3.52. The summed E-state index contributed by atoms with van der Waals surface area (Å²) in [5, 5.41) is 10.2. The molecular formula is C13H13N2O6PS. The van der Waals surface area contributed by atoms with Crippen LogP contribution in [0, 0.1) is 0 Å². The number of aliphatic imine (C=N–C) groups is 1. The van der Waals surface area contributed by atoms with Crippen molar-refractivity contribution in [2.45, 2.75) is 6.04 Å². The van der Waals surface area contributed by atoms with Gasteiger partial charge < -0.3 is 0 Å². The van der Waals surface area contributed by atoms with Crippen molar-refractivity contribution in [1.82, 2.24) is 4.98 Å². The van der Waals surface area contributed by atoms with E-state index >= 15 is 0 Å².